The molecule has 3 aromatic rings. The molecular formula is C28H36N6O2. The summed E-state index contributed by atoms with van der Waals surface area (Å²) in [6.45, 7) is 5.01. The lowest BCUT2D eigenvalue weighted by Gasteiger charge is -2.37. The minimum atomic E-state index is -0.387. The number of nitrogens with zero attached hydrogens (tertiary/aromatic N) is 4. The Morgan fingerprint density at radius 3 is 2.53 bits per heavy atom. The molecule has 8 nitrogen and oxygen atoms in total. The summed E-state index contributed by atoms with van der Waals surface area (Å²) in [7, 11) is 0. The molecule has 0 spiro atoms. The summed E-state index contributed by atoms with van der Waals surface area (Å²) in [5, 5.41) is 14.9. The van der Waals surface area contributed by atoms with Crippen LogP contribution in [0.15, 0.2) is 42.6 Å². The molecular weight excluding hydrogens is 452 g/mol. The number of amides is 1. The van der Waals surface area contributed by atoms with Gasteiger partial charge >= 0.3 is 0 Å². The van der Waals surface area contributed by atoms with E-state index in [2.05, 4.69) is 27.3 Å². The van der Waals surface area contributed by atoms with Gasteiger partial charge in [0.2, 0.25) is 11.9 Å². The number of nitrogens with two attached hydrogens (primary N) is 1. The van der Waals surface area contributed by atoms with Gasteiger partial charge in [-0.25, -0.2) is 9.97 Å². The summed E-state index contributed by atoms with van der Waals surface area (Å²) in [6.07, 6.45) is 8.05. The van der Waals surface area contributed by atoms with Crippen LogP contribution in [0.5, 0.6) is 5.75 Å². The van der Waals surface area contributed by atoms with Crippen molar-refractivity contribution in [3.05, 3.63) is 48.2 Å². The van der Waals surface area contributed by atoms with Crippen molar-refractivity contribution in [1.29, 1.82) is 0 Å². The molecule has 1 aromatic heterocycles. The van der Waals surface area contributed by atoms with Gasteiger partial charge in [0.25, 0.3) is 0 Å². The normalized spacial score (nSPS) is 17.5. The highest BCUT2D eigenvalue weighted by Gasteiger charge is 2.25. The van der Waals surface area contributed by atoms with E-state index in [-0.39, 0.29) is 11.9 Å². The Morgan fingerprint density at radius 2 is 1.83 bits per heavy atom. The van der Waals surface area contributed by atoms with Crippen LogP contribution in [0.25, 0.3) is 10.9 Å². The number of aromatic hydroxyl groups is 1. The van der Waals surface area contributed by atoms with Gasteiger partial charge < -0.3 is 26.0 Å². The standard InChI is InChI=1S/C28H36N6O2/c1-2-5-23(29)27(36)34-16-14-33(15-17-34)22-11-9-21(10-12-22)31-28-30-18-20-8-13-24(35)25(26(20)32-28)19-6-3-4-7-19/h8-13,18-19,23,35H,2-7,14-17,29H2,1H3,(H,30,31,32). The molecule has 4 N–H and O–H groups in total. The average molecular weight is 489 g/mol. The smallest absolute Gasteiger partial charge is 0.239 e. The topological polar surface area (TPSA) is 108 Å². The molecule has 2 fully saturated rings. The minimum Gasteiger partial charge on any atom is -0.508 e. The second kappa shape index (κ2) is 10.7. The maximum Gasteiger partial charge on any atom is 0.239 e. The average Bonchev–Trinajstić information content (AvgIpc) is 3.43. The number of rotatable bonds is 7. The van der Waals surface area contributed by atoms with Crippen LogP contribution < -0.4 is 16.0 Å². The fraction of sp³-hybridized carbons (Fsp3) is 0.464. The highest BCUT2D eigenvalue weighted by atomic mass is 16.3. The van der Waals surface area contributed by atoms with Gasteiger partial charge in [0.15, 0.2) is 0 Å². The lowest BCUT2D eigenvalue weighted by Crippen LogP contribution is -2.53. The maximum absolute atomic E-state index is 12.5. The number of carbonyl (C=O) groups is 1. The van der Waals surface area contributed by atoms with Crippen LogP contribution in [0.2, 0.25) is 0 Å². The number of nitrogens with one attached hydrogen (secondary N) is 1. The molecule has 8 heteroatoms. The number of hydrogen-bond acceptors (Lipinski definition) is 7. The van der Waals surface area contributed by atoms with E-state index < -0.39 is 0 Å². The van der Waals surface area contributed by atoms with Crippen molar-refractivity contribution in [2.24, 2.45) is 5.73 Å². The maximum atomic E-state index is 12.5. The first kappa shape index (κ1) is 24.3. The van der Waals surface area contributed by atoms with Crippen LogP contribution >= 0.6 is 0 Å². The number of benzene rings is 2. The lowest BCUT2D eigenvalue weighted by molar-refractivity contribution is -0.133. The van der Waals surface area contributed by atoms with Crippen molar-refractivity contribution in [1.82, 2.24) is 14.9 Å². The third-order valence-electron chi connectivity index (χ3n) is 7.53. The Bertz CT molecular complexity index is 1200. The molecule has 2 aromatic carbocycles. The fourth-order valence-electron chi connectivity index (χ4n) is 5.52. The molecule has 2 heterocycles. The van der Waals surface area contributed by atoms with Crippen LogP contribution in [0.3, 0.4) is 0 Å². The van der Waals surface area contributed by atoms with E-state index in [4.69, 9.17) is 10.7 Å². The summed E-state index contributed by atoms with van der Waals surface area (Å²) >= 11 is 0. The van der Waals surface area contributed by atoms with Crippen molar-refractivity contribution in [3.8, 4) is 5.75 Å². The quantitative estimate of drug-likeness (QED) is 0.449. The van der Waals surface area contributed by atoms with Crippen LogP contribution in [0.1, 0.15) is 56.9 Å². The third kappa shape index (κ3) is 5.09. The van der Waals surface area contributed by atoms with Gasteiger partial charge in [0.05, 0.1) is 11.6 Å². The van der Waals surface area contributed by atoms with Crippen LogP contribution in [-0.4, -0.2) is 58.1 Å². The van der Waals surface area contributed by atoms with E-state index in [0.29, 0.717) is 30.7 Å². The zero-order chi connectivity index (χ0) is 25.1. The summed E-state index contributed by atoms with van der Waals surface area (Å²) in [4.78, 5) is 26.0. The predicted octanol–water partition coefficient (Wildman–Crippen LogP) is 4.51. The number of phenolic OH excluding ortho intramolecular Hbond substituents is 1. The number of anilines is 3. The van der Waals surface area contributed by atoms with Crippen molar-refractivity contribution in [3.63, 3.8) is 0 Å². The Hall–Kier alpha value is -3.39. The molecule has 2 aliphatic rings. The van der Waals surface area contributed by atoms with E-state index in [9.17, 15) is 9.90 Å². The molecule has 36 heavy (non-hydrogen) atoms. The van der Waals surface area contributed by atoms with Gasteiger partial charge in [-0.05, 0) is 61.6 Å². The molecule has 0 radical (unpaired) electrons. The first-order chi connectivity index (χ1) is 17.5. The number of carbonyl (C=O) groups excluding carboxylic acids is 1. The van der Waals surface area contributed by atoms with Crippen LogP contribution in [0.4, 0.5) is 17.3 Å². The molecule has 1 aliphatic heterocycles. The van der Waals surface area contributed by atoms with Crippen molar-refractivity contribution in [2.75, 3.05) is 36.4 Å². The van der Waals surface area contributed by atoms with E-state index in [1.807, 2.05) is 36.2 Å². The second-order valence-corrected chi connectivity index (χ2v) is 9.99. The number of aromatic nitrogens is 2. The molecule has 190 valence electrons. The predicted molar refractivity (Wildman–Crippen MR) is 144 cm³/mol. The Labute approximate surface area is 212 Å². The minimum absolute atomic E-state index is 0.0656. The highest BCUT2D eigenvalue weighted by molar-refractivity contribution is 5.85. The zero-order valence-corrected chi connectivity index (χ0v) is 21.0. The molecule has 1 amide bonds. The zero-order valence-electron chi connectivity index (χ0n) is 21.0. The Morgan fingerprint density at radius 1 is 1.11 bits per heavy atom. The van der Waals surface area contributed by atoms with Crippen molar-refractivity contribution in [2.45, 2.75) is 57.4 Å². The van der Waals surface area contributed by atoms with Crippen molar-refractivity contribution < 1.29 is 9.90 Å². The summed E-state index contributed by atoms with van der Waals surface area (Å²) in [5.41, 5.74) is 9.85. The number of phenols is 1. The lowest BCUT2D eigenvalue weighted by atomic mass is 9.94. The molecule has 1 aliphatic carbocycles. The van der Waals surface area contributed by atoms with Gasteiger partial charge in [-0.2, -0.15) is 0 Å². The van der Waals surface area contributed by atoms with Gasteiger partial charge in [0, 0.05) is 54.7 Å². The number of hydrogen-bond donors (Lipinski definition) is 3. The van der Waals surface area contributed by atoms with Gasteiger partial charge in [0.1, 0.15) is 5.75 Å². The molecule has 1 saturated heterocycles. The summed E-state index contributed by atoms with van der Waals surface area (Å²) < 4.78 is 0. The SMILES string of the molecule is CCCC(N)C(=O)N1CCN(c2ccc(Nc3ncc4ccc(O)c(C5CCCC5)c4n3)cc2)CC1. The molecule has 5 rings (SSSR count). The number of fused-ring (bicyclic) bond motifs is 1. The largest absolute Gasteiger partial charge is 0.508 e. The highest BCUT2D eigenvalue weighted by Crippen LogP contribution is 2.41. The summed E-state index contributed by atoms with van der Waals surface area (Å²) in [6, 6.07) is 11.5. The molecule has 1 atom stereocenters. The van der Waals surface area contributed by atoms with Gasteiger partial charge in [-0.15, -0.1) is 0 Å². The number of piperazine rings is 1. The summed E-state index contributed by atoms with van der Waals surface area (Å²) in [5.74, 6) is 1.28. The van der Waals surface area contributed by atoms with Gasteiger partial charge in [-0.3, -0.25) is 4.79 Å². The first-order valence-electron chi connectivity index (χ1n) is 13.2. The monoisotopic (exact) mass is 488 g/mol. The third-order valence-corrected chi connectivity index (χ3v) is 7.53. The van der Waals surface area contributed by atoms with Crippen LogP contribution in [0, 0.1) is 0 Å². The second-order valence-electron chi connectivity index (χ2n) is 9.99. The molecule has 0 bridgehead atoms. The molecule has 1 saturated carbocycles. The van der Waals surface area contributed by atoms with E-state index >= 15 is 0 Å². The van der Waals surface area contributed by atoms with Crippen LogP contribution in [-0.2, 0) is 4.79 Å². The van der Waals surface area contributed by atoms with E-state index in [0.717, 1.165) is 66.6 Å². The van der Waals surface area contributed by atoms with E-state index in [1.54, 1.807) is 6.07 Å². The fourth-order valence-corrected chi connectivity index (χ4v) is 5.52. The Kier molecular flexibility index (Phi) is 7.23. The van der Waals surface area contributed by atoms with Gasteiger partial charge in [-0.1, -0.05) is 26.2 Å². The molecule has 1 unspecified atom stereocenters. The van der Waals surface area contributed by atoms with Crippen molar-refractivity contribution >= 4 is 34.1 Å². The Balaban J connectivity index is 1.25. The first-order valence-corrected chi connectivity index (χ1v) is 13.2. The van der Waals surface area contributed by atoms with E-state index in [1.165, 1.54) is 12.8 Å².